The van der Waals surface area contributed by atoms with E-state index in [-0.39, 0.29) is 12.5 Å². The Labute approximate surface area is 89.3 Å². The number of aliphatic hydroxyl groups is 1. The van der Waals surface area contributed by atoms with Gasteiger partial charge in [-0.1, -0.05) is 12.1 Å². The number of nitrogens with zero attached hydrogens (tertiary/aromatic N) is 1. The summed E-state index contributed by atoms with van der Waals surface area (Å²) in [7, 11) is 0. The molecular formula is C12H15NO2. The molecule has 1 amide bonds. The minimum atomic E-state index is 0.101. The molecule has 3 heteroatoms. The molecule has 0 spiro atoms. The Morgan fingerprint density at radius 2 is 2.33 bits per heavy atom. The fourth-order valence-corrected chi connectivity index (χ4v) is 2.07. The summed E-state index contributed by atoms with van der Waals surface area (Å²) in [4.78, 5) is 13.1. The van der Waals surface area contributed by atoms with Gasteiger partial charge in [0.05, 0.1) is 0 Å². The molecule has 2 rings (SSSR count). The molecule has 0 bridgehead atoms. The molecule has 1 N–H and O–H groups in total. The van der Waals surface area contributed by atoms with Gasteiger partial charge >= 0.3 is 0 Å². The molecule has 1 aliphatic rings. The Morgan fingerprint density at radius 1 is 1.53 bits per heavy atom. The molecule has 1 aromatic carbocycles. The van der Waals surface area contributed by atoms with Crippen LogP contribution in [0.1, 0.15) is 18.1 Å². The molecule has 80 valence electrons. The molecule has 0 saturated heterocycles. The van der Waals surface area contributed by atoms with Gasteiger partial charge in [-0.05, 0) is 30.0 Å². The monoisotopic (exact) mass is 205 g/mol. The zero-order valence-electron chi connectivity index (χ0n) is 8.86. The van der Waals surface area contributed by atoms with Crippen LogP contribution in [-0.4, -0.2) is 24.2 Å². The first-order valence-corrected chi connectivity index (χ1v) is 5.23. The van der Waals surface area contributed by atoms with Gasteiger partial charge in [0, 0.05) is 25.8 Å². The Kier molecular flexibility index (Phi) is 2.73. The van der Waals surface area contributed by atoms with Crippen LogP contribution in [0.15, 0.2) is 18.2 Å². The maximum Gasteiger partial charge on any atom is 0.223 e. The quantitative estimate of drug-likeness (QED) is 0.786. The van der Waals surface area contributed by atoms with Gasteiger partial charge in [-0.2, -0.15) is 0 Å². The largest absolute Gasteiger partial charge is 0.396 e. The number of anilines is 1. The molecule has 0 atom stereocenters. The molecule has 0 unspecified atom stereocenters. The van der Waals surface area contributed by atoms with Gasteiger partial charge in [0.25, 0.3) is 0 Å². The van der Waals surface area contributed by atoms with Crippen LogP contribution in [-0.2, 0) is 17.6 Å². The summed E-state index contributed by atoms with van der Waals surface area (Å²) in [6.45, 7) is 2.55. The first-order chi connectivity index (χ1) is 7.22. The van der Waals surface area contributed by atoms with Gasteiger partial charge in [0.1, 0.15) is 0 Å². The number of aliphatic hydroxyl groups excluding tert-OH is 1. The van der Waals surface area contributed by atoms with Crippen LogP contribution in [0.4, 0.5) is 5.69 Å². The standard InChI is InChI=1S/C12H15NO2/c1-9(15)13-6-4-11-8-10(5-7-14)2-3-12(11)13/h2-3,8,14H,4-7H2,1H3. The average molecular weight is 205 g/mol. The first kappa shape index (κ1) is 10.2. The number of carbonyl (C=O) groups is 1. The van der Waals surface area contributed by atoms with Crippen LogP contribution < -0.4 is 4.90 Å². The van der Waals surface area contributed by atoms with Crippen molar-refractivity contribution in [2.24, 2.45) is 0 Å². The van der Waals surface area contributed by atoms with E-state index < -0.39 is 0 Å². The summed E-state index contributed by atoms with van der Waals surface area (Å²) in [6.07, 6.45) is 1.61. The molecule has 0 aromatic heterocycles. The zero-order valence-corrected chi connectivity index (χ0v) is 8.86. The summed E-state index contributed by atoms with van der Waals surface area (Å²) in [5.41, 5.74) is 3.39. The van der Waals surface area contributed by atoms with Crippen molar-refractivity contribution < 1.29 is 9.90 Å². The molecule has 0 aliphatic carbocycles. The Morgan fingerprint density at radius 3 is 3.00 bits per heavy atom. The van der Waals surface area contributed by atoms with Crippen molar-refractivity contribution in [3.05, 3.63) is 29.3 Å². The summed E-state index contributed by atoms with van der Waals surface area (Å²) < 4.78 is 0. The molecule has 1 heterocycles. The maximum atomic E-state index is 11.3. The van der Waals surface area contributed by atoms with Crippen molar-refractivity contribution in [3.63, 3.8) is 0 Å². The third kappa shape index (κ3) is 1.88. The molecule has 15 heavy (non-hydrogen) atoms. The average Bonchev–Trinajstić information content (AvgIpc) is 2.61. The zero-order chi connectivity index (χ0) is 10.8. The van der Waals surface area contributed by atoms with Crippen LogP contribution in [0.25, 0.3) is 0 Å². The third-order valence-corrected chi connectivity index (χ3v) is 2.82. The summed E-state index contributed by atoms with van der Waals surface area (Å²) in [5, 5.41) is 8.84. The highest BCUT2D eigenvalue weighted by Gasteiger charge is 2.21. The van der Waals surface area contributed by atoms with E-state index in [2.05, 4.69) is 6.07 Å². The van der Waals surface area contributed by atoms with Crippen LogP contribution >= 0.6 is 0 Å². The van der Waals surface area contributed by atoms with Crippen molar-refractivity contribution >= 4 is 11.6 Å². The van der Waals surface area contributed by atoms with E-state index in [1.165, 1.54) is 5.56 Å². The molecule has 1 aromatic rings. The van der Waals surface area contributed by atoms with E-state index in [9.17, 15) is 4.79 Å². The van der Waals surface area contributed by atoms with E-state index in [1.54, 1.807) is 11.8 Å². The summed E-state index contributed by atoms with van der Waals surface area (Å²) in [5.74, 6) is 0.101. The molecule has 0 radical (unpaired) electrons. The second kappa shape index (κ2) is 4.03. The third-order valence-electron chi connectivity index (χ3n) is 2.82. The van der Waals surface area contributed by atoms with Gasteiger partial charge in [0.15, 0.2) is 0 Å². The van der Waals surface area contributed by atoms with Crippen molar-refractivity contribution in [2.45, 2.75) is 19.8 Å². The molecular weight excluding hydrogens is 190 g/mol. The fraction of sp³-hybridized carbons (Fsp3) is 0.417. The predicted octanol–water partition coefficient (Wildman–Crippen LogP) is 1.13. The van der Waals surface area contributed by atoms with Gasteiger partial charge in [-0.3, -0.25) is 4.79 Å². The smallest absolute Gasteiger partial charge is 0.223 e. The number of carbonyl (C=O) groups excluding carboxylic acids is 1. The van der Waals surface area contributed by atoms with E-state index in [0.717, 1.165) is 24.2 Å². The van der Waals surface area contributed by atoms with E-state index in [4.69, 9.17) is 5.11 Å². The highest BCUT2D eigenvalue weighted by molar-refractivity contribution is 5.93. The number of hydrogen-bond donors (Lipinski definition) is 1. The lowest BCUT2D eigenvalue weighted by Gasteiger charge is -2.14. The second-order valence-corrected chi connectivity index (χ2v) is 3.86. The Bertz CT molecular complexity index is 387. The van der Waals surface area contributed by atoms with Crippen LogP contribution in [0.2, 0.25) is 0 Å². The number of rotatable bonds is 2. The lowest BCUT2D eigenvalue weighted by Crippen LogP contribution is -2.25. The first-order valence-electron chi connectivity index (χ1n) is 5.23. The van der Waals surface area contributed by atoms with Gasteiger partial charge < -0.3 is 10.0 Å². The minimum Gasteiger partial charge on any atom is -0.396 e. The van der Waals surface area contributed by atoms with Gasteiger partial charge in [-0.25, -0.2) is 0 Å². The molecule has 0 saturated carbocycles. The Balaban J connectivity index is 2.29. The number of hydrogen-bond acceptors (Lipinski definition) is 2. The van der Waals surface area contributed by atoms with E-state index >= 15 is 0 Å². The summed E-state index contributed by atoms with van der Waals surface area (Å²) in [6, 6.07) is 6.06. The van der Waals surface area contributed by atoms with Crippen LogP contribution in [0.3, 0.4) is 0 Å². The molecule has 3 nitrogen and oxygen atoms in total. The highest BCUT2D eigenvalue weighted by Crippen LogP contribution is 2.28. The molecule has 0 fully saturated rings. The van der Waals surface area contributed by atoms with Crippen molar-refractivity contribution in [2.75, 3.05) is 18.1 Å². The SMILES string of the molecule is CC(=O)N1CCc2cc(CCO)ccc21. The lowest BCUT2D eigenvalue weighted by atomic mass is 10.1. The van der Waals surface area contributed by atoms with E-state index in [1.807, 2.05) is 12.1 Å². The van der Waals surface area contributed by atoms with Gasteiger partial charge in [0.2, 0.25) is 5.91 Å². The molecule has 1 aliphatic heterocycles. The van der Waals surface area contributed by atoms with Crippen molar-refractivity contribution in [1.82, 2.24) is 0 Å². The van der Waals surface area contributed by atoms with Crippen molar-refractivity contribution in [3.8, 4) is 0 Å². The Hall–Kier alpha value is -1.35. The van der Waals surface area contributed by atoms with Crippen LogP contribution in [0, 0.1) is 0 Å². The lowest BCUT2D eigenvalue weighted by molar-refractivity contribution is -0.116. The number of fused-ring (bicyclic) bond motifs is 1. The number of benzene rings is 1. The maximum absolute atomic E-state index is 11.3. The van der Waals surface area contributed by atoms with Crippen molar-refractivity contribution in [1.29, 1.82) is 0 Å². The minimum absolute atomic E-state index is 0.101. The summed E-state index contributed by atoms with van der Waals surface area (Å²) >= 11 is 0. The second-order valence-electron chi connectivity index (χ2n) is 3.86. The highest BCUT2D eigenvalue weighted by atomic mass is 16.2. The normalized spacial score (nSPS) is 14.1. The number of amides is 1. The van der Waals surface area contributed by atoms with Crippen LogP contribution in [0.5, 0.6) is 0 Å². The topological polar surface area (TPSA) is 40.5 Å². The fourth-order valence-electron chi connectivity index (χ4n) is 2.07. The van der Waals surface area contributed by atoms with E-state index in [0.29, 0.717) is 6.42 Å². The van der Waals surface area contributed by atoms with Gasteiger partial charge in [-0.15, -0.1) is 0 Å². The predicted molar refractivity (Wildman–Crippen MR) is 59.0 cm³/mol.